The number of amides is 1. The first-order chi connectivity index (χ1) is 11.9. The lowest BCUT2D eigenvalue weighted by Crippen LogP contribution is -2.21. The van der Waals surface area contributed by atoms with Crippen LogP contribution in [-0.4, -0.2) is 27.9 Å². The quantitative estimate of drug-likeness (QED) is 0.436. The fraction of sp³-hybridized carbons (Fsp3) is 0.200. The highest BCUT2D eigenvalue weighted by molar-refractivity contribution is 7.22. The number of anilines is 1. The van der Waals surface area contributed by atoms with Crippen molar-refractivity contribution in [3.05, 3.63) is 29.3 Å². The van der Waals surface area contributed by atoms with Crippen LogP contribution in [0.1, 0.15) is 24.3 Å². The number of fused-ring (bicyclic) bond motifs is 1. The first-order valence-corrected chi connectivity index (χ1v) is 9.04. The highest BCUT2D eigenvalue weighted by Gasteiger charge is 2.14. The molecule has 0 spiro atoms. The summed E-state index contributed by atoms with van der Waals surface area (Å²) in [6.07, 6.45) is 0.0827. The van der Waals surface area contributed by atoms with E-state index in [-0.39, 0.29) is 36.1 Å². The Morgan fingerprint density at radius 1 is 1.31 bits per heavy atom. The van der Waals surface area contributed by atoms with Gasteiger partial charge >= 0.3 is 0 Å². The Bertz CT molecular complexity index is 949. The maximum absolute atomic E-state index is 12.3. The van der Waals surface area contributed by atoms with Gasteiger partial charge in [0, 0.05) is 11.4 Å². The van der Waals surface area contributed by atoms with Gasteiger partial charge in [-0.3, -0.25) is 10.1 Å². The molecular formula is C15H17ClN6O2S2. The monoisotopic (exact) mass is 412 g/mol. The number of thiazole rings is 2. The zero-order valence-corrected chi connectivity index (χ0v) is 16.4. The molecule has 0 bridgehead atoms. The lowest BCUT2D eigenvalue weighted by molar-refractivity contribution is 0.102. The summed E-state index contributed by atoms with van der Waals surface area (Å²) in [5.41, 5.74) is 11.6. The number of hydrogen-bond acceptors (Lipinski definition) is 7. The van der Waals surface area contributed by atoms with E-state index in [0.29, 0.717) is 10.3 Å². The van der Waals surface area contributed by atoms with Gasteiger partial charge in [-0.1, -0.05) is 11.3 Å². The minimum absolute atomic E-state index is 0. The number of aliphatic imine (C=N–C) groups is 1. The van der Waals surface area contributed by atoms with Gasteiger partial charge in [-0.25, -0.2) is 9.97 Å². The number of nitrogens with zero attached hydrogens (tertiary/aromatic N) is 3. The number of halogens is 1. The molecule has 0 atom stereocenters. The van der Waals surface area contributed by atoms with Crippen LogP contribution in [-0.2, 0) is 0 Å². The molecule has 2 aromatic heterocycles. The molecule has 0 radical (unpaired) electrons. The van der Waals surface area contributed by atoms with Gasteiger partial charge in [-0.05, 0) is 26.0 Å². The molecule has 0 aliphatic rings. The number of ether oxygens (including phenoxy) is 1. The van der Waals surface area contributed by atoms with Gasteiger partial charge in [0.25, 0.3) is 5.91 Å². The normalized spacial score (nSPS) is 10.4. The third-order valence-corrected chi connectivity index (χ3v) is 4.59. The van der Waals surface area contributed by atoms with Crippen LogP contribution in [0.2, 0.25) is 0 Å². The smallest absolute Gasteiger partial charge is 0.276 e. The number of carbonyl (C=O) groups is 1. The molecule has 138 valence electrons. The van der Waals surface area contributed by atoms with E-state index in [4.69, 9.17) is 16.2 Å². The van der Waals surface area contributed by atoms with E-state index in [2.05, 4.69) is 20.3 Å². The molecule has 5 N–H and O–H groups in total. The zero-order valence-electron chi connectivity index (χ0n) is 13.9. The summed E-state index contributed by atoms with van der Waals surface area (Å²) in [5, 5.41) is 5.13. The maximum atomic E-state index is 12.3. The molecule has 3 aromatic rings. The highest BCUT2D eigenvalue weighted by Crippen LogP contribution is 2.29. The molecule has 1 aromatic carbocycles. The van der Waals surface area contributed by atoms with E-state index in [1.54, 1.807) is 5.38 Å². The van der Waals surface area contributed by atoms with Crippen LogP contribution in [0, 0.1) is 0 Å². The van der Waals surface area contributed by atoms with Crippen molar-refractivity contribution in [2.75, 3.05) is 5.32 Å². The molecule has 0 fully saturated rings. The molecule has 11 heteroatoms. The van der Waals surface area contributed by atoms with Crippen molar-refractivity contribution in [3.63, 3.8) is 0 Å². The minimum Gasteiger partial charge on any atom is -0.491 e. The average Bonchev–Trinajstić information content (AvgIpc) is 3.11. The van der Waals surface area contributed by atoms with Crippen molar-refractivity contribution in [3.8, 4) is 5.75 Å². The van der Waals surface area contributed by atoms with E-state index in [1.165, 1.54) is 22.7 Å². The van der Waals surface area contributed by atoms with E-state index < -0.39 is 0 Å². The Balaban J connectivity index is 0.00000243. The highest BCUT2D eigenvalue weighted by atomic mass is 35.5. The maximum Gasteiger partial charge on any atom is 0.276 e. The molecule has 0 aliphatic heterocycles. The number of guanidine groups is 1. The van der Waals surface area contributed by atoms with Gasteiger partial charge in [0.05, 0.1) is 16.3 Å². The fourth-order valence-corrected chi connectivity index (χ4v) is 3.52. The molecule has 0 unspecified atom stereocenters. The van der Waals surface area contributed by atoms with Crippen LogP contribution in [0.5, 0.6) is 5.75 Å². The Morgan fingerprint density at radius 3 is 2.77 bits per heavy atom. The van der Waals surface area contributed by atoms with Crippen LogP contribution in [0.15, 0.2) is 28.6 Å². The van der Waals surface area contributed by atoms with Gasteiger partial charge in [-0.2, -0.15) is 4.99 Å². The van der Waals surface area contributed by atoms with Gasteiger partial charge in [-0.15, -0.1) is 23.7 Å². The zero-order chi connectivity index (χ0) is 18.0. The number of nitrogens with two attached hydrogens (primary N) is 2. The Hall–Kier alpha value is -2.43. The fourth-order valence-electron chi connectivity index (χ4n) is 2.00. The van der Waals surface area contributed by atoms with Crippen molar-refractivity contribution >= 4 is 67.4 Å². The van der Waals surface area contributed by atoms with Gasteiger partial charge in [0.15, 0.2) is 11.1 Å². The molecule has 26 heavy (non-hydrogen) atoms. The van der Waals surface area contributed by atoms with E-state index in [1.807, 2.05) is 32.0 Å². The largest absolute Gasteiger partial charge is 0.491 e. The second-order valence-electron chi connectivity index (χ2n) is 5.32. The van der Waals surface area contributed by atoms with Crippen LogP contribution < -0.4 is 21.5 Å². The molecule has 0 aliphatic carbocycles. The van der Waals surface area contributed by atoms with Gasteiger partial charge in [0.2, 0.25) is 5.13 Å². The van der Waals surface area contributed by atoms with Crippen molar-refractivity contribution in [1.82, 2.24) is 9.97 Å². The second-order valence-corrected chi connectivity index (χ2v) is 7.19. The van der Waals surface area contributed by atoms with Gasteiger partial charge in [0.1, 0.15) is 11.4 Å². The van der Waals surface area contributed by atoms with Crippen LogP contribution in [0.3, 0.4) is 0 Å². The standard InChI is InChI=1S/C15H16N6O2S2.ClH/c1-7(2)23-8-3-4-11-9(5-8)18-15(25-11)20-12(22)10-6-24-14(19-10)21-13(16)17;/h3-7H,1-2H3,(H,18,20,22)(H4,16,17,19,21);1H. The molecular weight excluding hydrogens is 396 g/mol. The third-order valence-electron chi connectivity index (χ3n) is 2.90. The second kappa shape index (κ2) is 8.30. The molecule has 1 amide bonds. The van der Waals surface area contributed by atoms with Crippen molar-refractivity contribution in [2.24, 2.45) is 16.5 Å². The minimum atomic E-state index is -0.369. The van der Waals surface area contributed by atoms with E-state index >= 15 is 0 Å². The third kappa shape index (κ3) is 4.81. The first kappa shape index (κ1) is 19.9. The SMILES string of the molecule is CC(C)Oc1ccc2sc(NC(=O)c3csc(N=C(N)N)n3)nc2c1.Cl. The summed E-state index contributed by atoms with van der Waals surface area (Å²) in [4.78, 5) is 24.6. The van der Waals surface area contributed by atoms with Crippen LogP contribution in [0.4, 0.5) is 10.3 Å². The molecule has 3 rings (SSSR count). The number of nitrogens with one attached hydrogen (secondary N) is 1. The van der Waals surface area contributed by atoms with E-state index in [0.717, 1.165) is 16.0 Å². The summed E-state index contributed by atoms with van der Waals surface area (Å²) >= 11 is 2.55. The number of hydrogen-bond donors (Lipinski definition) is 3. The average molecular weight is 413 g/mol. The summed E-state index contributed by atoms with van der Waals surface area (Å²) in [7, 11) is 0. The van der Waals surface area contributed by atoms with Gasteiger partial charge < -0.3 is 16.2 Å². The predicted molar refractivity (Wildman–Crippen MR) is 108 cm³/mol. The summed E-state index contributed by atoms with van der Waals surface area (Å²) in [6.45, 7) is 3.92. The summed E-state index contributed by atoms with van der Waals surface area (Å²) in [6, 6.07) is 5.65. The Labute approximate surface area is 163 Å². The molecule has 2 heterocycles. The predicted octanol–water partition coefficient (Wildman–Crippen LogP) is 3.12. The molecule has 8 nitrogen and oxygen atoms in total. The number of carbonyl (C=O) groups excluding carboxylic acids is 1. The van der Waals surface area contributed by atoms with Crippen LogP contribution in [0.25, 0.3) is 10.2 Å². The van der Waals surface area contributed by atoms with Crippen molar-refractivity contribution in [2.45, 2.75) is 20.0 Å². The van der Waals surface area contributed by atoms with E-state index in [9.17, 15) is 4.79 Å². The lowest BCUT2D eigenvalue weighted by Gasteiger charge is -2.08. The Morgan fingerprint density at radius 2 is 2.08 bits per heavy atom. The van der Waals surface area contributed by atoms with Crippen molar-refractivity contribution < 1.29 is 9.53 Å². The molecule has 0 saturated heterocycles. The number of aromatic nitrogens is 2. The Kier molecular flexibility index (Phi) is 6.35. The van der Waals surface area contributed by atoms with Crippen LogP contribution >= 0.6 is 35.1 Å². The number of rotatable bonds is 5. The number of benzene rings is 1. The van der Waals surface area contributed by atoms with Crippen molar-refractivity contribution in [1.29, 1.82) is 0 Å². The first-order valence-electron chi connectivity index (χ1n) is 7.34. The topological polar surface area (TPSA) is 129 Å². The summed E-state index contributed by atoms with van der Waals surface area (Å²) in [5.74, 6) is 0.268. The lowest BCUT2D eigenvalue weighted by atomic mass is 10.3. The summed E-state index contributed by atoms with van der Waals surface area (Å²) < 4.78 is 6.60. The molecule has 0 saturated carbocycles.